The summed E-state index contributed by atoms with van der Waals surface area (Å²) in [6.45, 7) is 0.349. The van der Waals surface area contributed by atoms with Crippen molar-refractivity contribution >= 4 is 0 Å². The van der Waals surface area contributed by atoms with Crippen LogP contribution in [-0.2, 0) is 0 Å². The van der Waals surface area contributed by atoms with Crippen LogP contribution in [0.4, 0.5) is 0 Å². The number of nitriles is 1. The molecule has 0 saturated carbocycles. The summed E-state index contributed by atoms with van der Waals surface area (Å²) in [5, 5.41) is 18.7. The number of methoxy groups -OCH3 is 1. The number of aliphatic hydroxyl groups is 1. The van der Waals surface area contributed by atoms with E-state index < -0.39 is 6.10 Å². The summed E-state index contributed by atoms with van der Waals surface area (Å²) in [6, 6.07) is 7.45. The van der Waals surface area contributed by atoms with E-state index in [-0.39, 0.29) is 12.3 Å². The lowest BCUT2D eigenvalue weighted by atomic mass is 9.91. The average Bonchev–Trinajstić information content (AvgIpc) is 2.32. The molecule has 0 radical (unpaired) electrons. The Kier molecular flexibility index (Phi) is 2.97. The third kappa shape index (κ3) is 1.70. The van der Waals surface area contributed by atoms with Crippen LogP contribution in [0.2, 0.25) is 0 Å². The molecule has 1 aromatic carbocycles. The number of ether oxygens (including phenoxy) is 2. The second kappa shape index (κ2) is 4.42. The highest BCUT2D eigenvalue weighted by atomic mass is 16.5. The van der Waals surface area contributed by atoms with Crippen molar-refractivity contribution in [3.8, 4) is 17.6 Å². The number of hydrogen-bond donors (Lipinski definition) is 1. The van der Waals surface area contributed by atoms with Crippen molar-refractivity contribution in [1.29, 1.82) is 5.26 Å². The summed E-state index contributed by atoms with van der Waals surface area (Å²) in [5.41, 5.74) is 0.700. The molecule has 1 aliphatic rings. The molecule has 1 aliphatic heterocycles. The van der Waals surface area contributed by atoms with Crippen molar-refractivity contribution in [3.05, 3.63) is 23.8 Å². The number of rotatable bonds is 2. The Hall–Kier alpha value is -1.73. The van der Waals surface area contributed by atoms with Crippen molar-refractivity contribution in [3.63, 3.8) is 0 Å². The van der Waals surface area contributed by atoms with Crippen LogP contribution in [-0.4, -0.2) is 18.8 Å². The van der Waals surface area contributed by atoms with Gasteiger partial charge in [-0.1, -0.05) is 12.1 Å². The first-order chi connectivity index (χ1) is 7.77. The Balaban J connectivity index is 2.35. The molecule has 0 saturated heterocycles. The van der Waals surface area contributed by atoms with Gasteiger partial charge in [0.25, 0.3) is 0 Å². The zero-order valence-corrected chi connectivity index (χ0v) is 9.01. The van der Waals surface area contributed by atoms with E-state index in [9.17, 15) is 5.11 Å². The van der Waals surface area contributed by atoms with Crippen molar-refractivity contribution in [1.82, 2.24) is 0 Å². The average molecular weight is 219 g/mol. The molecule has 16 heavy (non-hydrogen) atoms. The zero-order valence-electron chi connectivity index (χ0n) is 9.01. The summed E-state index contributed by atoms with van der Waals surface area (Å²) in [4.78, 5) is 0. The Bertz CT molecular complexity index is 425. The van der Waals surface area contributed by atoms with Crippen LogP contribution >= 0.6 is 0 Å². The van der Waals surface area contributed by atoms with Gasteiger partial charge >= 0.3 is 0 Å². The molecule has 1 aromatic rings. The summed E-state index contributed by atoms with van der Waals surface area (Å²) in [5.74, 6) is 1.04. The van der Waals surface area contributed by atoms with Crippen LogP contribution in [0.3, 0.4) is 0 Å². The fourth-order valence-electron chi connectivity index (χ4n) is 1.90. The van der Waals surface area contributed by atoms with Crippen molar-refractivity contribution in [2.75, 3.05) is 13.7 Å². The molecule has 0 bridgehead atoms. The second-order valence-electron chi connectivity index (χ2n) is 3.76. The van der Waals surface area contributed by atoms with Gasteiger partial charge in [0.05, 0.1) is 25.9 Å². The van der Waals surface area contributed by atoms with E-state index in [2.05, 4.69) is 6.07 Å². The number of benzene rings is 1. The smallest absolute Gasteiger partial charge is 0.166 e. The number of nitrogens with zero attached hydrogens (tertiary/aromatic N) is 1. The van der Waals surface area contributed by atoms with Gasteiger partial charge in [0, 0.05) is 17.9 Å². The molecule has 1 N–H and O–H groups in total. The van der Waals surface area contributed by atoms with E-state index in [1.54, 1.807) is 25.3 Å². The standard InChI is InChI=1S/C12H13NO3/c1-15-10-4-2-3-9-11(14)8(5-6-13)7-16-12(9)10/h2-4,8,11,14H,5,7H2,1H3/t8-,11-/m1/s1. The molecule has 0 fully saturated rings. The lowest BCUT2D eigenvalue weighted by molar-refractivity contribution is 0.0513. The number of aliphatic hydroxyl groups excluding tert-OH is 1. The maximum atomic E-state index is 10.1. The van der Waals surface area contributed by atoms with Crippen LogP contribution in [0.25, 0.3) is 0 Å². The predicted molar refractivity (Wildman–Crippen MR) is 57.2 cm³/mol. The van der Waals surface area contributed by atoms with Gasteiger partial charge in [-0.05, 0) is 6.07 Å². The minimum absolute atomic E-state index is 0.162. The quantitative estimate of drug-likeness (QED) is 0.821. The Morgan fingerprint density at radius 1 is 1.62 bits per heavy atom. The summed E-state index contributed by atoms with van der Waals surface area (Å²) < 4.78 is 10.7. The normalized spacial score (nSPS) is 22.8. The van der Waals surface area contributed by atoms with Gasteiger partial charge in [0.1, 0.15) is 0 Å². The minimum atomic E-state index is -0.654. The second-order valence-corrected chi connectivity index (χ2v) is 3.76. The molecular formula is C12H13NO3. The van der Waals surface area contributed by atoms with Crippen molar-refractivity contribution < 1.29 is 14.6 Å². The molecular weight excluding hydrogens is 206 g/mol. The van der Waals surface area contributed by atoms with Gasteiger partial charge in [-0.2, -0.15) is 5.26 Å². The van der Waals surface area contributed by atoms with E-state index in [0.717, 1.165) is 0 Å². The van der Waals surface area contributed by atoms with Gasteiger partial charge in [-0.3, -0.25) is 0 Å². The first-order valence-corrected chi connectivity index (χ1v) is 5.12. The SMILES string of the molecule is COc1cccc2c1OC[C@@H](CC#N)[C@H]2O. The van der Waals surface area contributed by atoms with Crippen LogP contribution < -0.4 is 9.47 Å². The third-order valence-corrected chi connectivity index (χ3v) is 2.79. The fourth-order valence-corrected chi connectivity index (χ4v) is 1.90. The van der Waals surface area contributed by atoms with Gasteiger partial charge in [0.2, 0.25) is 0 Å². The molecule has 2 atom stereocenters. The van der Waals surface area contributed by atoms with Crippen LogP contribution in [0.15, 0.2) is 18.2 Å². The lowest BCUT2D eigenvalue weighted by Gasteiger charge is -2.29. The molecule has 2 rings (SSSR count). The zero-order chi connectivity index (χ0) is 11.5. The first-order valence-electron chi connectivity index (χ1n) is 5.12. The van der Waals surface area contributed by atoms with Crippen LogP contribution in [0.1, 0.15) is 18.1 Å². The van der Waals surface area contributed by atoms with E-state index in [1.165, 1.54) is 0 Å². The Labute approximate surface area is 94.0 Å². The van der Waals surface area contributed by atoms with Crippen molar-refractivity contribution in [2.24, 2.45) is 5.92 Å². The van der Waals surface area contributed by atoms with E-state index in [4.69, 9.17) is 14.7 Å². The van der Waals surface area contributed by atoms with E-state index in [0.29, 0.717) is 23.7 Å². The third-order valence-electron chi connectivity index (χ3n) is 2.79. The maximum absolute atomic E-state index is 10.1. The fraction of sp³-hybridized carbons (Fsp3) is 0.417. The Morgan fingerprint density at radius 2 is 2.44 bits per heavy atom. The molecule has 4 heteroatoms. The largest absolute Gasteiger partial charge is 0.493 e. The highest BCUT2D eigenvalue weighted by molar-refractivity contribution is 5.48. The summed E-state index contributed by atoms with van der Waals surface area (Å²) in [6.07, 6.45) is -0.365. The van der Waals surface area contributed by atoms with E-state index in [1.807, 2.05) is 0 Å². The summed E-state index contributed by atoms with van der Waals surface area (Å²) >= 11 is 0. The topological polar surface area (TPSA) is 62.5 Å². The van der Waals surface area contributed by atoms with Crippen molar-refractivity contribution in [2.45, 2.75) is 12.5 Å². The molecule has 0 spiro atoms. The number of fused-ring (bicyclic) bond motifs is 1. The molecule has 0 aromatic heterocycles. The molecule has 84 valence electrons. The van der Waals surface area contributed by atoms with Crippen LogP contribution in [0.5, 0.6) is 11.5 Å². The van der Waals surface area contributed by atoms with Gasteiger partial charge in [-0.25, -0.2) is 0 Å². The number of para-hydroxylation sites is 1. The lowest BCUT2D eigenvalue weighted by Crippen LogP contribution is -2.25. The monoisotopic (exact) mass is 219 g/mol. The van der Waals surface area contributed by atoms with Gasteiger partial charge in [0.15, 0.2) is 11.5 Å². The van der Waals surface area contributed by atoms with Crippen LogP contribution in [0, 0.1) is 17.2 Å². The molecule has 4 nitrogen and oxygen atoms in total. The summed E-state index contributed by atoms with van der Waals surface area (Å²) in [7, 11) is 1.56. The van der Waals surface area contributed by atoms with Gasteiger partial charge in [-0.15, -0.1) is 0 Å². The number of hydrogen-bond acceptors (Lipinski definition) is 4. The molecule has 0 amide bonds. The van der Waals surface area contributed by atoms with E-state index >= 15 is 0 Å². The maximum Gasteiger partial charge on any atom is 0.166 e. The minimum Gasteiger partial charge on any atom is -0.493 e. The molecule has 0 aliphatic carbocycles. The van der Waals surface area contributed by atoms with Gasteiger partial charge < -0.3 is 14.6 Å². The highest BCUT2D eigenvalue weighted by Gasteiger charge is 2.30. The first kappa shape index (κ1) is 10.8. The highest BCUT2D eigenvalue weighted by Crippen LogP contribution is 2.42. The Morgan fingerprint density at radius 3 is 3.12 bits per heavy atom. The molecule has 1 heterocycles. The molecule has 0 unspecified atom stereocenters. The predicted octanol–water partition coefficient (Wildman–Crippen LogP) is 1.65.